The predicted molar refractivity (Wildman–Crippen MR) is 131 cm³/mol. The summed E-state index contributed by atoms with van der Waals surface area (Å²) in [6.45, 7) is 6.45. The van der Waals surface area contributed by atoms with E-state index in [1.807, 2.05) is 19.4 Å². The Kier molecular flexibility index (Phi) is 6.52. The fourth-order valence-corrected chi connectivity index (χ4v) is 3.45. The number of nitrogens with one attached hydrogen (secondary N) is 3. The topological polar surface area (TPSA) is 85.5 Å². The second-order valence-corrected chi connectivity index (χ2v) is 7.35. The number of benzene rings is 3. The van der Waals surface area contributed by atoms with Gasteiger partial charge in [0.15, 0.2) is 0 Å². The van der Waals surface area contributed by atoms with Gasteiger partial charge in [0.2, 0.25) is 5.96 Å². The summed E-state index contributed by atoms with van der Waals surface area (Å²) in [6.07, 6.45) is 4.69. The molecule has 158 valence electrons. The average molecular weight is 414 g/mol. The third kappa shape index (κ3) is 5.06. The van der Waals surface area contributed by atoms with Crippen LogP contribution in [0.15, 0.2) is 68.7 Å². The molecule has 0 fully saturated rings. The third-order valence-electron chi connectivity index (χ3n) is 5.00. The summed E-state index contributed by atoms with van der Waals surface area (Å²) < 4.78 is 0. The smallest absolute Gasteiger partial charge is 0.212 e. The molecule has 0 aromatic heterocycles. The molecule has 0 bridgehead atoms. The van der Waals surface area contributed by atoms with Gasteiger partial charge >= 0.3 is 0 Å². The van der Waals surface area contributed by atoms with Crippen LogP contribution < -0.4 is 16.2 Å². The van der Waals surface area contributed by atoms with E-state index in [9.17, 15) is 0 Å². The Balaban J connectivity index is 1.68. The minimum Gasteiger partial charge on any atom is -0.353 e. The van der Waals surface area contributed by atoms with E-state index in [0.29, 0.717) is 5.96 Å². The lowest BCUT2D eigenvalue weighted by molar-refractivity contribution is 0.906. The maximum absolute atomic E-state index is 4.41. The highest BCUT2D eigenvalue weighted by Gasteiger charge is 2.07. The SMILES string of the molecule is CCCN=C(C)N/N=C/c1ccc(/C=N/NC2=NCCN2)c2cc3ccccc3cc12. The molecule has 0 radical (unpaired) electrons. The molecule has 0 spiro atoms. The lowest BCUT2D eigenvalue weighted by Gasteiger charge is -2.09. The van der Waals surface area contributed by atoms with E-state index in [2.05, 4.69) is 91.8 Å². The van der Waals surface area contributed by atoms with Gasteiger partial charge in [0, 0.05) is 24.2 Å². The number of nitrogens with zero attached hydrogens (tertiary/aromatic N) is 4. The van der Waals surface area contributed by atoms with Crippen molar-refractivity contribution in [3.8, 4) is 0 Å². The highest BCUT2D eigenvalue weighted by Crippen LogP contribution is 2.27. The molecule has 3 N–H and O–H groups in total. The molecule has 1 heterocycles. The summed E-state index contributed by atoms with van der Waals surface area (Å²) in [5.41, 5.74) is 8.04. The number of hydrogen-bond donors (Lipinski definition) is 3. The Morgan fingerprint density at radius 1 is 1.03 bits per heavy atom. The molecule has 3 aromatic rings. The van der Waals surface area contributed by atoms with Gasteiger partial charge in [-0.15, -0.1) is 0 Å². The van der Waals surface area contributed by atoms with Crippen LogP contribution in [0.25, 0.3) is 21.5 Å². The van der Waals surface area contributed by atoms with Gasteiger partial charge in [0.1, 0.15) is 5.84 Å². The van der Waals surface area contributed by atoms with E-state index in [-0.39, 0.29) is 0 Å². The van der Waals surface area contributed by atoms with Crippen LogP contribution in [-0.2, 0) is 0 Å². The molecule has 0 saturated carbocycles. The fourth-order valence-electron chi connectivity index (χ4n) is 3.45. The predicted octanol–water partition coefficient (Wildman–Crippen LogP) is 3.63. The van der Waals surface area contributed by atoms with E-state index in [4.69, 9.17) is 0 Å². The summed E-state index contributed by atoms with van der Waals surface area (Å²) >= 11 is 0. The van der Waals surface area contributed by atoms with Crippen molar-refractivity contribution in [2.24, 2.45) is 20.2 Å². The first-order valence-electron chi connectivity index (χ1n) is 10.6. The second kappa shape index (κ2) is 9.84. The van der Waals surface area contributed by atoms with Crippen molar-refractivity contribution < 1.29 is 0 Å². The first-order chi connectivity index (χ1) is 15.2. The molecule has 0 aliphatic carbocycles. The van der Waals surface area contributed by atoms with Crippen LogP contribution >= 0.6 is 0 Å². The zero-order chi connectivity index (χ0) is 21.5. The minimum absolute atomic E-state index is 0.709. The average Bonchev–Trinajstić information content (AvgIpc) is 3.31. The van der Waals surface area contributed by atoms with Crippen LogP contribution in [0.1, 0.15) is 31.4 Å². The lowest BCUT2D eigenvalue weighted by Crippen LogP contribution is -2.30. The molecular formula is C24H27N7. The van der Waals surface area contributed by atoms with Gasteiger partial charge in [-0.2, -0.15) is 10.2 Å². The summed E-state index contributed by atoms with van der Waals surface area (Å²) in [6, 6.07) is 16.9. The maximum Gasteiger partial charge on any atom is 0.212 e. The molecular weight excluding hydrogens is 386 g/mol. The summed E-state index contributed by atoms with van der Waals surface area (Å²) in [5, 5.41) is 16.5. The van der Waals surface area contributed by atoms with Gasteiger partial charge in [0.25, 0.3) is 0 Å². The Morgan fingerprint density at radius 2 is 1.71 bits per heavy atom. The molecule has 1 aliphatic rings. The summed E-state index contributed by atoms with van der Waals surface area (Å²) in [7, 11) is 0. The van der Waals surface area contributed by atoms with Crippen molar-refractivity contribution >= 4 is 45.8 Å². The molecule has 0 saturated heterocycles. The summed E-state index contributed by atoms with van der Waals surface area (Å²) in [4.78, 5) is 8.71. The minimum atomic E-state index is 0.709. The number of rotatable bonds is 6. The molecule has 0 atom stereocenters. The van der Waals surface area contributed by atoms with Crippen LogP contribution in [-0.4, -0.2) is 43.9 Å². The van der Waals surface area contributed by atoms with Gasteiger partial charge in [-0.1, -0.05) is 43.3 Å². The summed E-state index contributed by atoms with van der Waals surface area (Å²) in [5.74, 6) is 1.52. The maximum atomic E-state index is 4.41. The standard InChI is InChI=1S/C24H27N7/c1-3-10-25-17(2)30-28-15-20-8-9-21(16-29-31-24-26-11-12-27-24)23-14-19-7-5-4-6-18(19)13-22(20)23/h4-9,13-16H,3,10-12H2,1-2H3,(H,25,30)(H2,26,27,31)/b28-15+,29-16+. The van der Waals surface area contributed by atoms with Crippen molar-refractivity contribution in [2.45, 2.75) is 20.3 Å². The third-order valence-corrected chi connectivity index (χ3v) is 5.00. The van der Waals surface area contributed by atoms with Crippen LogP contribution in [0.5, 0.6) is 0 Å². The van der Waals surface area contributed by atoms with Crippen LogP contribution in [0.4, 0.5) is 0 Å². The van der Waals surface area contributed by atoms with Crippen LogP contribution in [0, 0.1) is 0 Å². The zero-order valence-electron chi connectivity index (χ0n) is 17.9. The molecule has 4 rings (SSSR count). The lowest BCUT2D eigenvalue weighted by atomic mass is 9.96. The highest BCUT2D eigenvalue weighted by atomic mass is 15.4. The van der Waals surface area contributed by atoms with E-state index < -0.39 is 0 Å². The van der Waals surface area contributed by atoms with Crippen LogP contribution in [0.2, 0.25) is 0 Å². The van der Waals surface area contributed by atoms with E-state index in [1.165, 1.54) is 10.8 Å². The van der Waals surface area contributed by atoms with Crippen molar-refractivity contribution in [1.29, 1.82) is 0 Å². The largest absolute Gasteiger partial charge is 0.353 e. The number of guanidine groups is 1. The number of fused-ring (bicyclic) bond motifs is 2. The van der Waals surface area contributed by atoms with Gasteiger partial charge in [-0.25, -0.2) is 10.4 Å². The first kappa shape index (κ1) is 20.5. The quantitative estimate of drug-likeness (QED) is 0.250. The number of hydrogen-bond acceptors (Lipinski definition) is 6. The van der Waals surface area contributed by atoms with Crippen molar-refractivity contribution in [3.63, 3.8) is 0 Å². The Morgan fingerprint density at radius 3 is 2.32 bits per heavy atom. The Hall–Kier alpha value is -3.74. The molecule has 0 unspecified atom stereocenters. The van der Waals surface area contributed by atoms with E-state index >= 15 is 0 Å². The monoisotopic (exact) mass is 413 g/mol. The molecule has 1 aliphatic heterocycles. The second-order valence-electron chi connectivity index (χ2n) is 7.35. The number of amidine groups is 1. The molecule has 7 heteroatoms. The molecule has 0 amide bonds. The van der Waals surface area contributed by atoms with Gasteiger partial charge < -0.3 is 5.32 Å². The molecule has 7 nitrogen and oxygen atoms in total. The molecule has 3 aromatic carbocycles. The normalized spacial score (nSPS) is 14.5. The van der Waals surface area contributed by atoms with Gasteiger partial charge in [0.05, 0.1) is 19.0 Å². The zero-order valence-corrected chi connectivity index (χ0v) is 17.9. The first-order valence-corrected chi connectivity index (χ1v) is 10.6. The number of hydrazone groups is 2. The fraction of sp³-hybridized carbons (Fsp3) is 0.250. The van der Waals surface area contributed by atoms with E-state index in [1.54, 1.807) is 0 Å². The van der Waals surface area contributed by atoms with Crippen molar-refractivity contribution in [1.82, 2.24) is 16.2 Å². The van der Waals surface area contributed by atoms with Crippen molar-refractivity contribution in [2.75, 3.05) is 19.6 Å². The van der Waals surface area contributed by atoms with Gasteiger partial charge in [-0.05, 0) is 47.0 Å². The van der Waals surface area contributed by atoms with Crippen molar-refractivity contribution in [3.05, 3.63) is 59.7 Å². The Labute approximate surface area is 182 Å². The Bertz CT molecular complexity index is 1190. The van der Waals surface area contributed by atoms with E-state index in [0.717, 1.165) is 53.8 Å². The molecule has 31 heavy (non-hydrogen) atoms. The van der Waals surface area contributed by atoms with Crippen LogP contribution in [0.3, 0.4) is 0 Å². The highest BCUT2D eigenvalue weighted by molar-refractivity contribution is 6.11. The van der Waals surface area contributed by atoms with Gasteiger partial charge in [-0.3, -0.25) is 10.4 Å². The number of aliphatic imine (C=N–C) groups is 2.